The Morgan fingerprint density at radius 3 is 2.60 bits per heavy atom. The van der Waals surface area contributed by atoms with E-state index in [1.165, 1.54) is 13.2 Å². The summed E-state index contributed by atoms with van der Waals surface area (Å²) in [5.41, 5.74) is 4.51. The van der Waals surface area contributed by atoms with Crippen LogP contribution >= 0.6 is 23.5 Å². The second-order valence-corrected chi connectivity index (χ2v) is 13.4. The summed E-state index contributed by atoms with van der Waals surface area (Å²) < 4.78 is 60.3. The zero-order valence-corrected chi connectivity index (χ0v) is 25.1. The van der Waals surface area contributed by atoms with Crippen LogP contribution in [0.15, 0.2) is 48.7 Å². The van der Waals surface area contributed by atoms with Gasteiger partial charge < -0.3 is 15.4 Å². The molecule has 3 heterocycles. The Hall–Kier alpha value is -3.45. The molecule has 0 bridgehead atoms. The van der Waals surface area contributed by atoms with Gasteiger partial charge in [0, 0.05) is 40.8 Å². The maximum Gasteiger partial charge on any atom is 0.390 e. The molecule has 226 valence electrons. The van der Waals surface area contributed by atoms with Crippen molar-refractivity contribution < 1.29 is 27.1 Å². The zero-order valence-electron chi connectivity index (χ0n) is 23.4. The van der Waals surface area contributed by atoms with Crippen molar-refractivity contribution in [1.82, 2.24) is 19.9 Å². The average Bonchev–Trinajstić information content (AvgIpc) is 3.45. The maximum atomic E-state index is 14.9. The first-order valence-corrected chi connectivity index (χ1v) is 15.8. The fourth-order valence-electron chi connectivity index (χ4n) is 5.19. The van der Waals surface area contributed by atoms with Crippen molar-refractivity contribution in [3.05, 3.63) is 76.9 Å². The molecule has 0 atom stereocenters. The molecule has 0 spiro atoms. The molecule has 2 aromatic carbocycles. The monoisotopic (exact) mass is 631 g/mol. The number of imidazole rings is 1. The normalized spacial score (nSPS) is 16.4. The van der Waals surface area contributed by atoms with Crippen molar-refractivity contribution in [3.63, 3.8) is 0 Å². The van der Waals surface area contributed by atoms with Crippen LogP contribution in [0.4, 0.5) is 23.2 Å². The topological polar surface area (TPSA) is 80.5 Å². The quantitative estimate of drug-likeness (QED) is 0.197. The largest absolute Gasteiger partial charge is 0.493 e. The molecular formula is C30H29F4N5O2S2. The van der Waals surface area contributed by atoms with Crippen molar-refractivity contribution in [2.45, 2.75) is 42.5 Å². The van der Waals surface area contributed by atoms with E-state index < -0.39 is 22.5 Å². The molecule has 2 N–H and O–H groups in total. The van der Waals surface area contributed by atoms with Gasteiger partial charge in [-0.25, -0.2) is 13.9 Å². The number of anilines is 1. The molecule has 43 heavy (non-hydrogen) atoms. The van der Waals surface area contributed by atoms with Crippen LogP contribution in [0, 0.1) is 12.7 Å². The highest BCUT2D eigenvalue weighted by Crippen LogP contribution is 2.58. The molecule has 2 aliphatic rings. The number of hydrogen-bond acceptors (Lipinski definition) is 7. The number of halogens is 4. The molecule has 2 fully saturated rings. The van der Waals surface area contributed by atoms with E-state index in [9.17, 15) is 22.4 Å². The second kappa shape index (κ2) is 11.6. The summed E-state index contributed by atoms with van der Waals surface area (Å²) in [5.74, 6) is 0.964. The highest BCUT2D eigenvalue weighted by molar-refractivity contribution is 8.20. The minimum atomic E-state index is -4.34. The van der Waals surface area contributed by atoms with Crippen molar-refractivity contribution in [1.29, 1.82) is 0 Å². The number of aromatic nitrogens is 3. The summed E-state index contributed by atoms with van der Waals surface area (Å²) in [4.78, 5) is 17.2. The lowest BCUT2D eigenvalue weighted by atomic mass is 10.0. The number of fused-ring (bicyclic) bond motifs is 1. The molecule has 13 heteroatoms. The lowest BCUT2D eigenvalue weighted by molar-refractivity contribution is -0.131. The van der Waals surface area contributed by atoms with Crippen molar-refractivity contribution in [2.75, 3.05) is 30.5 Å². The molecule has 1 amide bonds. The van der Waals surface area contributed by atoms with E-state index in [2.05, 4.69) is 15.6 Å². The molecule has 0 radical (unpaired) electrons. The van der Waals surface area contributed by atoms with Gasteiger partial charge in [-0.05, 0) is 49.6 Å². The number of alkyl halides is 3. The number of amides is 1. The average molecular weight is 632 g/mol. The number of hydrogen-bond donors (Lipinski definition) is 2. The van der Waals surface area contributed by atoms with Crippen LogP contribution in [0.1, 0.15) is 46.4 Å². The van der Waals surface area contributed by atoms with E-state index in [0.29, 0.717) is 33.8 Å². The standard InChI is InChI=1S/C30H29F4N5O2S2/c1-17-14-18(6-9-20(17)28(40)37-19-7-8-19)24-16-36-27-23(35-11-10-29(32,33)34)15-25(38-39(24)27)30(42-12-13-43-30)21-4-3-5-22(31)26(21)41-2/h3-6,9,14-16,19,35H,7-8,10-13H2,1-2H3,(H,37,40). The number of nitrogens with zero attached hydrogens (tertiary/aromatic N) is 3. The number of benzene rings is 2. The van der Waals surface area contributed by atoms with Gasteiger partial charge in [-0.1, -0.05) is 18.2 Å². The van der Waals surface area contributed by atoms with E-state index >= 15 is 0 Å². The number of nitrogens with one attached hydrogen (secondary N) is 2. The molecule has 1 saturated heterocycles. The number of aryl methyl sites for hydroxylation is 1. The zero-order chi connectivity index (χ0) is 30.4. The smallest absolute Gasteiger partial charge is 0.390 e. The van der Waals surface area contributed by atoms with Crippen molar-refractivity contribution in [3.8, 4) is 17.0 Å². The second-order valence-electron chi connectivity index (χ2n) is 10.5. The summed E-state index contributed by atoms with van der Waals surface area (Å²) in [7, 11) is 1.41. The van der Waals surface area contributed by atoms with Crippen molar-refractivity contribution >= 4 is 40.8 Å². The highest BCUT2D eigenvalue weighted by Gasteiger charge is 2.44. The number of carbonyl (C=O) groups is 1. The number of para-hydroxylation sites is 1. The van der Waals surface area contributed by atoms with Gasteiger partial charge in [0.2, 0.25) is 0 Å². The number of ether oxygens (including phenoxy) is 1. The molecule has 1 aliphatic carbocycles. The fourth-order valence-corrected chi connectivity index (χ4v) is 8.40. The molecular weight excluding hydrogens is 602 g/mol. The number of thioether (sulfide) groups is 2. The third kappa shape index (κ3) is 5.88. The van der Waals surface area contributed by atoms with Gasteiger partial charge in [0.15, 0.2) is 17.2 Å². The summed E-state index contributed by atoms with van der Waals surface area (Å²) in [6, 6.07) is 12.1. The highest BCUT2D eigenvalue weighted by atomic mass is 32.2. The molecule has 2 aromatic heterocycles. The molecule has 1 aliphatic heterocycles. The third-order valence-electron chi connectivity index (χ3n) is 7.43. The first-order chi connectivity index (χ1) is 20.6. The van der Waals surface area contributed by atoms with Gasteiger partial charge in [-0.15, -0.1) is 23.5 Å². The first-order valence-electron chi connectivity index (χ1n) is 13.8. The van der Waals surface area contributed by atoms with E-state index in [1.807, 2.05) is 19.1 Å². The van der Waals surface area contributed by atoms with Gasteiger partial charge in [-0.3, -0.25) is 4.79 Å². The Morgan fingerprint density at radius 1 is 1.16 bits per heavy atom. The van der Waals surface area contributed by atoms with Gasteiger partial charge in [-0.2, -0.15) is 18.3 Å². The SMILES string of the molecule is COc1c(F)cccc1C1(c2cc(NCCC(F)(F)F)c3ncc(-c4ccc(C(=O)NC5CC5)c(C)c4)n3n2)SCCS1. The van der Waals surface area contributed by atoms with Gasteiger partial charge in [0.05, 0.1) is 36.8 Å². The maximum absolute atomic E-state index is 14.9. The minimum Gasteiger partial charge on any atom is -0.493 e. The van der Waals surface area contributed by atoms with E-state index in [1.54, 1.807) is 58.5 Å². The lowest BCUT2D eigenvalue weighted by Gasteiger charge is -2.29. The predicted octanol–water partition coefficient (Wildman–Crippen LogP) is 6.79. The summed E-state index contributed by atoms with van der Waals surface area (Å²) in [6.45, 7) is 1.50. The Bertz CT molecular complexity index is 1680. The van der Waals surface area contributed by atoms with E-state index in [4.69, 9.17) is 9.84 Å². The molecule has 0 unspecified atom stereocenters. The third-order valence-corrected chi connectivity index (χ3v) is 10.9. The Morgan fingerprint density at radius 2 is 1.93 bits per heavy atom. The summed E-state index contributed by atoms with van der Waals surface area (Å²) in [6.07, 6.45) is -1.78. The van der Waals surface area contributed by atoms with Crippen LogP contribution in [0.2, 0.25) is 0 Å². The van der Waals surface area contributed by atoms with Crippen LogP contribution in [-0.2, 0) is 4.08 Å². The number of carbonyl (C=O) groups excluding carboxylic acids is 1. The Labute approximate surface area is 254 Å². The van der Waals surface area contributed by atoms with Crippen molar-refractivity contribution in [2.24, 2.45) is 0 Å². The molecule has 1 saturated carbocycles. The van der Waals surface area contributed by atoms with Crippen LogP contribution in [0.5, 0.6) is 5.75 Å². The van der Waals surface area contributed by atoms with Gasteiger partial charge >= 0.3 is 6.18 Å². The predicted molar refractivity (Wildman–Crippen MR) is 161 cm³/mol. The van der Waals surface area contributed by atoms with E-state index in [-0.39, 0.29) is 24.2 Å². The Kier molecular flexibility index (Phi) is 7.97. The minimum absolute atomic E-state index is 0.0967. The molecule has 6 rings (SSSR count). The van der Waals surface area contributed by atoms with Gasteiger partial charge in [0.1, 0.15) is 4.08 Å². The molecule has 7 nitrogen and oxygen atoms in total. The number of rotatable bonds is 9. The summed E-state index contributed by atoms with van der Waals surface area (Å²) >= 11 is 3.14. The van der Waals surface area contributed by atoms with Crippen LogP contribution in [-0.4, -0.2) is 57.9 Å². The van der Waals surface area contributed by atoms with Gasteiger partial charge in [0.25, 0.3) is 5.91 Å². The van der Waals surface area contributed by atoms with E-state index in [0.717, 1.165) is 35.5 Å². The molecule has 4 aromatic rings. The number of methoxy groups -OCH3 is 1. The van der Waals surface area contributed by atoms with Crippen LogP contribution in [0.25, 0.3) is 16.9 Å². The van der Waals surface area contributed by atoms with Crippen LogP contribution in [0.3, 0.4) is 0 Å². The first kappa shape index (κ1) is 29.6. The Balaban J connectivity index is 1.48. The lowest BCUT2D eigenvalue weighted by Crippen LogP contribution is -2.26. The fraction of sp³-hybridized carbons (Fsp3) is 0.367. The van der Waals surface area contributed by atoms with Crippen LogP contribution < -0.4 is 15.4 Å². The summed E-state index contributed by atoms with van der Waals surface area (Å²) in [5, 5.41) is 10.9.